The van der Waals surface area contributed by atoms with Crippen LogP contribution in [0.1, 0.15) is 28.4 Å². The molecule has 0 bridgehead atoms. The summed E-state index contributed by atoms with van der Waals surface area (Å²) in [7, 11) is 0. The zero-order valence-corrected chi connectivity index (χ0v) is 17.0. The summed E-state index contributed by atoms with van der Waals surface area (Å²) in [6.45, 7) is -0.802. The van der Waals surface area contributed by atoms with Gasteiger partial charge in [0, 0.05) is 36.0 Å². The van der Waals surface area contributed by atoms with E-state index in [0.717, 1.165) is 28.7 Å². The Balaban J connectivity index is 1.71. The fraction of sp³-hybridized carbons (Fsp3) is 0.333. The van der Waals surface area contributed by atoms with Crippen molar-refractivity contribution in [3.05, 3.63) is 63.1 Å². The van der Waals surface area contributed by atoms with Crippen molar-refractivity contribution in [3.63, 3.8) is 0 Å². The Bertz CT molecular complexity index is 925. The minimum atomic E-state index is -3.00. The number of carbonyl (C=O) groups is 1. The van der Waals surface area contributed by atoms with E-state index in [1.54, 1.807) is 0 Å². The second-order valence-electron chi connectivity index (χ2n) is 6.62. The smallest absolute Gasteiger partial charge is 0.387 e. The third-order valence-corrected chi connectivity index (χ3v) is 5.30. The highest BCUT2D eigenvalue weighted by molar-refractivity contribution is 9.10. The monoisotopic (exact) mass is 464 g/mol. The summed E-state index contributed by atoms with van der Waals surface area (Å²) in [6.07, 6.45) is -0.0238. The fourth-order valence-corrected chi connectivity index (χ4v) is 3.71. The average Bonchev–Trinajstić information content (AvgIpc) is 2.71. The van der Waals surface area contributed by atoms with Gasteiger partial charge in [0.05, 0.1) is 24.3 Å². The molecule has 0 unspecified atom stereocenters. The Morgan fingerprint density at radius 1 is 1.28 bits per heavy atom. The standard InChI is InChI=1S/C21H19BrF2N2O3/c22-18-10-15(20-12-26-5-6-28-20)3-2-14(18)8-17(27)9-16-7-13(11-25)1-4-19(16)29-21(23)24/h1-4,7,10,20-21,26H,5-6,8-9,12H2/t20-/m0/s1. The van der Waals surface area contributed by atoms with Gasteiger partial charge in [-0.25, -0.2) is 0 Å². The minimum absolute atomic E-state index is 0.0347. The molecule has 1 heterocycles. The number of ketones is 1. The lowest BCUT2D eigenvalue weighted by Gasteiger charge is -2.24. The largest absolute Gasteiger partial charge is 0.435 e. The number of ether oxygens (including phenoxy) is 2. The average molecular weight is 465 g/mol. The highest BCUT2D eigenvalue weighted by Crippen LogP contribution is 2.27. The quantitative estimate of drug-likeness (QED) is 0.671. The van der Waals surface area contributed by atoms with Crippen molar-refractivity contribution in [3.8, 4) is 11.8 Å². The van der Waals surface area contributed by atoms with Crippen LogP contribution in [0.3, 0.4) is 0 Å². The molecule has 152 valence electrons. The molecule has 0 radical (unpaired) electrons. The van der Waals surface area contributed by atoms with Crippen LogP contribution in [0.2, 0.25) is 0 Å². The van der Waals surface area contributed by atoms with E-state index in [9.17, 15) is 13.6 Å². The Hall–Kier alpha value is -2.34. The zero-order chi connectivity index (χ0) is 20.8. The van der Waals surface area contributed by atoms with E-state index in [1.165, 1.54) is 18.2 Å². The molecule has 3 rings (SSSR count). The number of nitriles is 1. The van der Waals surface area contributed by atoms with Crippen molar-refractivity contribution in [2.45, 2.75) is 25.6 Å². The van der Waals surface area contributed by atoms with Crippen molar-refractivity contribution < 1.29 is 23.0 Å². The lowest BCUT2D eigenvalue weighted by Crippen LogP contribution is -2.33. The lowest BCUT2D eigenvalue weighted by atomic mass is 9.99. The maximum absolute atomic E-state index is 12.6. The van der Waals surface area contributed by atoms with Crippen LogP contribution >= 0.6 is 15.9 Å². The molecule has 1 fully saturated rings. The normalized spacial score (nSPS) is 16.4. The number of nitrogens with zero attached hydrogens (tertiary/aromatic N) is 1. The SMILES string of the molecule is N#Cc1ccc(OC(F)F)c(CC(=O)Cc2ccc([C@@H]3CNCCO3)cc2Br)c1. The number of alkyl halides is 2. The summed E-state index contributed by atoms with van der Waals surface area (Å²) in [5.74, 6) is -0.271. The first-order valence-electron chi connectivity index (χ1n) is 9.06. The first-order valence-corrected chi connectivity index (χ1v) is 9.85. The molecule has 0 amide bonds. The predicted molar refractivity (Wildman–Crippen MR) is 106 cm³/mol. The summed E-state index contributed by atoms with van der Waals surface area (Å²) in [4.78, 5) is 12.6. The van der Waals surface area contributed by atoms with Gasteiger partial charge in [-0.2, -0.15) is 14.0 Å². The van der Waals surface area contributed by atoms with Crippen LogP contribution in [0, 0.1) is 11.3 Å². The van der Waals surface area contributed by atoms with Gasteiger partial charge in [-0.15, -0.1) is 0 Å². The van der Waals surface area contributed by atoms with E-state index < -0.39 is 6.61 Å². The zero-order valence-electron chi connectivity index (χ0n) is 15.5. The van der Waals surface area contributed by atoms with Gasteiger partial charge in [0.1, 0.15) is 11.5 Å². The molecule has 5 nitrogen and oxygen atoms in total. The molecule has 0 aromatic heterocycles. The Labute approximate surface area is 175 Å². The van der Waals surface area contributed by atoms with Gasteiger partial charge in [-0.05, 0) is 35.4 Å². The number of morpholine rings is 1. The molecule has 1 atom stereocenters. The van der Waals surface area contributed by atoms with Gasteiger partial charge in [0.2, 0.25) is 0 Å². The summed E-state index contributed by atoms with van der Waals surface area (Å²) in [6, 6.07) is 11.7. The molecule has 0 aliphatic carbocycles. The number of carbonyl (C=O) groups excluding carboxylic acids is 1. The Kier molecular flexibility index (Phi) is 7.31. The molecule has 1 N–H and O–H groups in total. The van der Waals surface area contributed by atoms with Gasteiger partial charge in [0.15, 0.2) is 0 Å². The van der Waals surface area contributed by atoms with Gasteiger partial charge < -0.3 is 14.8 Å². The van der Waals surface area contributed by atoms with E-state index in [1.807, 2.05) is 24.3 Å². The van der Waals surface area contributed by atoms with Gasteiger partial charge in [0.25, 0.3) is 0 Å². The number of Topliss-reactive ketones (excluding diaryl/α,β-unsaturated/α-hetero) is 1. The summed E-state index contributed by atoms with van der Waals surface area (Å²) < 4.78 is 36.2. The van der Waals surface area contributed by atoms with Crippen LogP contribution < -0.4 is 10.1 Å². The van der Waals surface area contributed by atoms with E-state index in [2.05, 4.69) is 26.0 Å². The number of hydrogen-bond donors (Lipinski definition) is 1. The lowest BCUT2D eigenvalue weighted by molar-refractivity contribution is -0.118. The number of hydrogen-bond acceptors (Lipinski definition) is 5. The molecule has 1 aliphatic heterocycles. The van der Waals surface area contributed by atoms with Crippen LogP contribution in [-0.4, -0.2) is 32.1 Å². The summed E-state index contributed by atoms with van der Waals surface area (Å²) >= 11 is 3.50. The van der Waals surface area contributed by atoms with Crippen molar-refractivity contribution in [2.75, 3.05) is 19.7 Å². The fourth-order valence-electron chi connectivity index (χ4n) is 3.17. The van der Waals surface area contributed by atoms with Gasteiger partial charge >= 0.3 is 6.61 Å². The highest BCUT2D eigenvalue weighted by atomic mass is 79.9. The third-order valence-electron chi connectivity index (χ3n) is 4.56. The van der Waals surface area contributed by atoms with Crippen LogP contribution in [0.25, 0.3) is 0 Å². The molecule has 2 aromatic rings. The molecule has 0 saturated carbocycles. The first kappa shape index (κ1) is 21.4. The maximum Gasteiger partial charge on any atom is 0.387 e. The summed E-state index contributed by atoms with van der Waals surface area (Å²) in [5.41, 5.74) is 2.34. The molecule has 29 heavy (non-hydrogen) atoms. The van der Waals surface area contributed by atoms with E-state index in [-0.39, 0.29) is 41.6 Å². The van der Waals surface area contributed by atoms with Crippen LogP contribution in [0.4, 0.5) is 8.78 Å². The summed E-state index contributed by atoms with van der Waals surface area (Å²) in [5, 5.41) is 12.3. The van der Waals surface area contributed by atoms with Crippen molar-refractivity contribution in [2.24, 2.45) is 0 Å². The molecular formula is C21H19BrF2N2O3. The second-order valence-corrected chi connectivity index (χ2v) is 7.47. The maximum atomic E-state index is 12.6. The van der Waals surface area contributed by atoms with Crippen LogP contribution in [-0.2, 0) is 22.4 Å². The van der Waals surface area contributed by atoms with Crippen molar-refractivity contribution in [1.82, 2.24) is 5.32 Å². The van der Waals surface area contributed by atoms with Gasteiger partial charge in [-0.1, -0.05) is 28.1 Å². The number of nitrogens with one attached hydrogen (secondary N) is 1. The Morgan fingerprint density at radius 2 is 2.07 bits per heavy atom. The topological polar surface area (TPSA) is 71.3 Å². The van der Waals surface area contributed by atoms with E-state index in [4.69, 9.17) is 10.00 Å². The molecule has 8 heteroatoms. The van der Waals surface area contributed by atoms with E-state index >= 15 is 0 Å². The van der Waals surface area contributed by atoms with Crippen LogP contribution in [0.15, 0.2) is 40.9 Å². The van der Waals surface area contributed by atoms with E-state index in [0.29, 0.717) is 6.61 Å². The van der Waals surface area contributed by atoms with Crippen LogP contribution in [0.5, 0.6) is 5.75 Å². The predicted octanol–water partition coefficient (Wildman–Crippen LogP) is 3.94. The molecule has 1 aliphatic rings. The minimum Gasteiger partial charge on any atom is -0.435 e. The number of benzene rings is 2. The van der Waals surface area contributed by atoms with Crippen molar-refractivity contribution in [1.29, 1.82) is 5.26 Å². The Morgan fingerprint density at radius 3 is 2.72 bits per heavy atom. The number of halogens is 3. The molecule has 1 saturated heterocycles. The highest BCUT2D eigenvalue weighted by Gasteiger charge is 2.18. The van der Waals surface area contributed by atoms with Crippen molar-refractivity contribution >= 4 is 21.7 Å². The number of rotatable bonds is 7. The van der Waals surface area contributed by atoms with Gasteiger partial charge in [-0.3, -0.25) is 4.79 Å². The second kappa shape index (κ2) is 9.92. The molecular weight excluding hydrogens is 446 g/mol. The third kappa shape index (κ3) is 5.82. The molecule has 0 spiro atoms. The molecule has 2 aromatic carbocycles. The first-order chi connectivity index (χ1) is 14.0.